The van der Waals surface area contributed by atoms with Crippen molar-refractivity contribution in [2.24, 2.45) is 0 Å². The van der Waals surface area contributed by atoms with Crippen LogP contribution in [0, 0.1) is 24.0 Å². The molecule has 0 aliphatic rings. The Bertz CT molecular complexity index is 291. The fourth-order valence-electron chi connectivity index (χ4n) is 0.935. The molecule has 5 heteroatoms. The lowest BCUT2D eigenvalue weighted by Gasteiger charge is -2.00. The van der Waals surface area contributed by atoms with Crippen LogP contribution in [0.3, 0.4) is 0 Å². The Kier molecular flexibility index (Phi) is 2.23. The Morgan fingerprint density at radius 1 is 1.42 bits per heavy atom. The molecule has 0 radical (unpaired) electrons. The first-order valence-corrected chi connectivity index (χ1v) is 3.35. The van der Waals surface area contributed by atoms with E-state index in [1.54, 1.807) is 13.8 Å². The van der Waals surface area contributed by atoms with E-state index in [-0.39, 0.29) is 5.75 Å². The smallest absolute Gasteiger partial charge is 0.276 e. The molecule has 64 valence electrons. The summed E-state index contributed by atoms with van der Waals surface area (Å²) in [6.07, 6.45) is 0. The zero-order chi connectivity index (χ0) is 9.14. The van der Waals surface area contributed by atoms with E-state index in [0.717, 1.165) is 0 Å². The molecule has 1 rings (SSSR count). The van der Waals surface area contributed by atoms with Crippen LogP contribution in [0.25, 0.3) is 0 Å². The number of aryl methyl sites for hydroxylation is 2. The van der Waals surface area contributed by atoms with E-state index in [9.17, 15) is 10.1 Å². The van der Waals surface area contributed by atoms with Crippen molar-refractivity contribution in [2.75, 3.05) is 0 Å². The van der Waals surface area contributed by atoms with Crippen molar-refractivity contribution in [2.45, 2.75) is 13.8 Å². The van der Waals surface area contributed by atoms with Crippen molar-refractivity contribution in [1.29, 1.82) is 0 Å². The largest absolute Gasteiger partial charge is 0.299 e. The maximum Gasteiger partial charge on any atom is 0.299 e. The topological polar surface area (TPSA) is 65.3 Å². The quantitative estimate of drug-likeness (QED) is 0.492. The van der Waals surface area contributed by atoms with Gasteiger partial charge in [-0.05, 0) is 26.0 Å². The number of rotatable bonds is 2. The van der Waals surface area contributed by atoms with Gasteiger partial charge in [0.1, 0.15) is 5.75 Å². The molecule has 0 amide bonds. The molecule has 0 N–H and O–H groups in total. The molecule has 0 aliphatic heterocycles. The summed E-state index contributed by atoms with van der Waals surface area (Å²) in [6, 6.07) is 3.02. The van der Waals surface area contributed by atoms with Crippen molar-refractivity contribution in [3.05, 3.63) is 33.6 Å². The first kappa shape index (κ1) is 8.45. The van der Waals surface area contributed by atoms with Gasteiger partial charge in [0.05, 0.1) is 0 Å². The third-order valence-corrected chi connectivity index (χ3v) is 1.23. The molecule has 0 unspecified atom stereocenters. The second-order valence-corrected chi connectivity index (χ2v) is 2.40. The van der Waals surface area contributed by atoms with Crippen LogP contribution in [0.2, 0.25) is 0 Å². The van der Waals surface area contributed by atoms with Crippen LogP contribution in [0.5, 0.6) is 5.75 Å². The van der Waals surface area contributed by atoms with Crippen LogP contribution in [0.4, 0.5) is 0 Å². The summed E-state index contributed by atoms with van der Waals surface area (Å²) in [6.45, 7) is 3.50. The van der Waals surface area contributed by atoms with Gasteiger partial charge in [0.2, 0.25) is 0 Å². The Balaban J connectivity index is 2.93. The van der Waals surface area contributed by atoms with Crippen molar-refractivity contribution in [1.82, 2.24) is 4.98 Å². The number of pyridine rings is 1. The molecule has 0 fully saturated rings. The molecule has 0 atom stereocenters. The second-order valence-electron chi connectivity index (χ2n) is 2.40. The van der Waals surface area contributed by atoms with Crippen LogP contribution >= 0.6 is 0 Å². The zero-order valence-electron chi connectivity index (χ0n) is 6.77. The van der Waals surface area contributed by atoms with Crippen LogP contribution in [-0.2, 0) is 0 Å². The summed E-state index contributed by atoms with van der Waals surface area (Å²) < 4.78 is 0. The molecule has 0 bridgehead atoms. The molecular weight excluding hydrogens is 160 g/mol. The number of hydrogen-bond acceptors (Lipinski definition) is 4. The average molecular weight is 168 g/mol. The molecule has 0 aliphatic carbocycles. The minimum Gasteiger partial charge on any atom is -0.276 e. The number of hydrogen-bond donors (Lipinski definition) is 0. The molecular formula is C7H8N2O3. The highest BCUT2D eigenvalue weighted by atomic mass is 17.0. The van der Waals surface area contributed by atoms with Gasteiger partial charge >= 0.3 is 0 Å². The van der Waals surface area contributed by atoms with E-state index >= 15 is 0 Å². The molecule has 0 spiro atoms. The Morgan fingerprint density at radius 2 is 1.92 bits per heavy atom. The van der Waals surface area contributed by atoms with Crippen LogP contribution in [0.15, 0.2) is 12.1 Å². The van der Waals surface area contributed by atoms with Crippen LogP contribution < -0.4 is 4.84 Å². The first-order chi connectivity index (χ1) is 5.58. The van der Waals surface area contributed by atoms with Gasteiger partial charge < -0.3 is 0 Å². The van der Waals surface area contributed by atoms with E-state index < -0.39 is 5.09 Å². The second kappa shape index (κ2) is 3.17. The lowest BCUT2D eigenvalue weighted by molar-refractivity contribution is -0.711. The fourth-order valence-corrected chi connectivity index (χ4v) is 0.935. The highest BCUT2D eigenvalue weighted by Crippen LogP contribution is 2.12. The molecule has 1 aromatic rings. The third kappa shape index (κ3) is 2.19. The Hall–Kier alpha value is -1.65. The summed E-state index contributed by atoms with van der Waals surface area (Å²) in [5.74, 6) is 0.213. The van der Waals surface area contributed by atoms with Gasteiger partial charge in [0.25, 0.3) is 5.09 Å². The van der Waals surface area contributed by atoms with Crippen molar-refractivity contribution >= 4 is 0 Å². The van der Waals surface area contributed by atoms with Gasteiger partial charge in [0, 0.05) is 11.4 Å². The zero-order valence-corrected chi connectivity index (χ0v) is 6.77. The highest BCUT2D eigenvalue weighted by Gasteiger charge is 2.00. The first-order valence-electron chi connectivity index (χ1n) is 3.35. The normalized spacial score (nSPS) is 9.50. The monoisotopic (exact) mass is 168 g/mol. The fraction of sp³-hybridized carbons (Fsp3) is 0.286. The molecule has 1 heterocycles. The van der Waals surface area contributed by atoms with E-state index in [2.05, 4.69) is 9.82 Å². The summed E-state index contributed by atoms with van der Waals surface area (Å²) in [5, 5.41) is 9.12. The predicted molar refractivity (Wildman–Crippen MR) is 41.3 cm³/mol. The average Bonchev–Trinajstić information content (AvgIpc) is 1.81. The SMILES string of the molecule is Cc1cc(O[N+](=O)[O-])cc(C)n1. The number of aromatic nitrogens is 1. The van der Waals surface area contributed by atoms with Crippen molar-refractivity contribution < 1.29 is 9.92 Å². The molecule has 1 aromatic heterocycles. The molecule has 12 heavy (non-hydrogen) atoms. The molecule has 5 nitrogen and oxygen atoms in total. The van der Waals surface area contributed by atoms with Crippen molar-refractivity contribution in [3.8, 4) is 5.75 Å². The lowest BCUT2D eigenvalue weighted by atomic mass is 10.3. The van der Waals surface area contributed by atoms with Gasteiger partial charge in [-0.15, -0.1) is 10.1 Å². The highest BCUT2D eigenvalue weighted by molar-refractivity contribution is 5.25. The van der Waals surface area contributed by atoms with E-state index in [1.807, 2.05) is 0 Å². The standard InChI is InChI=1S/C7H8N2O3/c1-5-3-7(12-9(10)11)4-6(2)8-5/h3-4H,1-2H3. The van der Waals surface area contributed by atoms with E-state index in [0.29, 0.717) is 11.4 Å². The molecule has 0 saturated carbocycles. The van der Waals surface area contributed by atoms with Gasteiger partial charge in [-0.2, -0.15) is 0 Å². The van der Waals surface area contributed by atoms with Gasteiger partial charge in [-0.3, -0.25) is 9.82 Å². The van der Waals surface area contributed by atoms with Crippen LogP contribution in [0.1, 0.15) is 11.4 Å². The van der Waals surface area contributed by atoms with Gasteiger partial charge in [0.15, 0.2) is 0 Å². The number of nitrogens with zero attached hydrogens (tertiary/aromatic N) is 2. The summed E-state index contributed by atoms with van der Waals surface area (Å²) in [7, 11) is 0. The van der Waals surface area contributed by atoms with Crippen molar-refractivity contribution in [3.63, 3.8) is 0 Å². The summed E-state index contributed by atoms with van der Waals surface area (Å²) >= 11 is 0. The van der Waals surface area contributed by atoms with Gasteiger partial charge in [-0.1, -0.05) is 0 Å². The maximum atomic E-state index is 9.95. The summed E-state index contributed by atoms with van der Waals surface area (Å²) in [4.78, 5) is 18.3. The minimum absolute atomic E-state index is 0.213. The summed E-state index contributed by atoms with van der Waals surface area (Å²) in [5.41, 5.74) is 1.40. The van der Waals surface area contributed by atoms with E-state index in [4.69, 9.17) is 0 Å². The van der Waals surface area contributed by atoms with E-state index in [1.165, 1.54) is 12.1 Å². The third-order valence-electron chi connectivity index (χ3n) is 1.23. The minimum atomic E-state index is -0.839. The Labute approximate surface area is 69.1 Å². The maximum absolute atomic E-state index is 9.95. The predicted octanol–water partition coefficient (Wildman–Crippen LogP) is 1.27. The Morgan fingerprint density at radius 3 is 2.33 bits per heavy atom. The van der Waals surface area contributed by atoms with Crippen LogP contribution in [-0.4, -0.2) is 10.1 Å². The molecule has 0 saturated heterocycles. The van der Waals surface area contributed by atoms with Gasteiger partial charge in [-0.25, -0.2) is 0 Å². The lowest BCUT2D eigenvalue weighted by Crippen LogP contribution is -2.04. The molecule has 0 aromatic carbocycles.